The fourth-order valence-electron chi connectivity index (χ4n) is 0.669. The predicted octanol–water partition coefficient (Wildman–Crippen LogP) is 0.839. The SMILES string of the molecule is COCCOCCOC.O=C(/C=C(\[O-])C(F)(F)F)C(F)(F)F.[Tl+]. The molecule has 0 aromatic rings. The third-order valence-corrected chi connectivity index (χ3v) is 1.68. The Hall–Kier alpha value is -0.408. The molecule has 0 saturated heterocycles. The molecule has 0 atom stereocenters. The number of halogens is 6. The summed E-state index contributed by atoms with van der Waals surface area (Å²) in [5.74, 6) is -5.65. The molecule has 5 nitrogen and oxygen atoms in total. The van der Waals surface area contributed by atoms with Crippen molar-refractivity contribution in [2.24, 2.45) is 0 Å². The Kier molecular flexibility index (Phi) is 16.7. The van der Waals surface area contributed by atoms with E-state index in [1.807, 2.05) is 0 Å². The molecule has 0 aromatic heterocycles. The summed E-state index contributed by atoms with van der Waals surface area (Å²) in [7, 11) is 3.30. The van der Waals surface area contributed by atoms with Crippen molar-refractivity contribution in [3.05, 3.63) is 11.8 Å². The van der Waals surface area contributed by atoms with Crippen LogP contribution in [0.3, 0.4) is 0 Å². The van der Waals surface area contributed by atoms with Gasteiger partial charge >= 0.3 is 39.7 Å². The Labute approximate surface area is 148 Å². The molecule has 0 unspecified atom stereocenters. The van der Waals surface area contributed by atoms with Crippen molar-refractivity contribution in [2.75, 3.05) is 40.6 Å². The number of allylic oxidation sites excluding steroid dienone is 2. The van der Waals surface area contributed by atoms with Crippen molar-refractivity contribution in [2.45, 2.75) is 12.4 Å². The van der Waals surface area contributed by atoms with E-state index >= 15 is 0 Å². The molecule has 0 radical (unpaired) electrons. The fraction of sp³-hybridized carbons (Fsp3) is 0.727. The Morgan fingerprint density at radius 1 is 0.913 bits per heavy atom. The summed E-state index contributed by atoms with van der Waals surface area (Å²) < 4.78 is 82.4. The molecule has 0 aliphatic carbocycles. The van der Waals surface area contributed by atoms with E-state index < -0.39 is 30.0 Å². The molecule has 0 amide bonds. The topological polar surface area (TPSA) is 67.8 Å². The Bertz CT molecular complexity index is 337. The smallest absolute Gasteiger partial charge is 0.869 e. The number of rotatable bonds is 7. The molecule has 134 valence electrons. The van der Waals surface area contributed by atoms with Crippen molar-refractivity contribution < 1.29 is 50.5 Å². The summed E-state index contributed by atoms with van der Waals surface area (Å²) in [6.07, 6.45) is -11.9. The van der Waals surface area contributed by atoms with Gasteiger partial charge in [0.05, 0.1) is 26.4 Å². The van der Waals surface area contributed by atoms with Gasteiger partial charge in [0.1, 0.15) is 0 Å². The molecule has 0 saturated carbocycles. The molecule has 0 N–H and O–H groups in total. The van der Waals surface area contributed by atoms with Gasteiger partial charge in [0.2, 0.25) is 0 Å². The van der Waals surface area contributed by atoms with Gasteiger partial charge < -0.3 is 19.3 Å². The van der Waals surface area contributed by atoms with E-state index in [2.05, 4.69) is 0 Å². The third-order valence-electron chi connectivity index (χ3n) is 1.68. The van der Waals surface area contributed by atoms with Crippen LogP contribution in [0.15, 0.2) is 11.8 Å². The normalized spacial score (nSPS) is 12.1. The minimum atomic E-state index is -5.46. The van der Waals surface area contributed by atoms with Gasteiger partial charge in [-0.05, 0) is 11.8 Å². The van der Waals surface area contributed by atoms with Crippen LogP contribution in [0.4, 0.5) is 26.3 Å². The van der Waals surface area contributed by atoms with Crippen LogP contribution in [0.25, 0.3) is 0 Å². The van der Waals surface area contributed by atoms with Gasteiger partial charge in [0, 0.05) is 14.2 Å². The minimum Gasteiger partial charge on any atom is -0.869 e. The van der Waals surface area contributed by atoms with Gasteiger partial charge in [-0.2, -0.15) is 26.3 Å². The van der Waals surface area contributed by atoms with Crippen molar-refractivity contribution >= 4 is 33.1 Å². The van der Waals surface area contributed by atoms with Gasteiger partial charge in [0.15, 0.2) is 0 Å². The summed E-state index contributed by atoms with van der Waals surface area (Å²) in [5, 5.41) is 9.82. The molecule has 23 heavy (non-hydrogen) atoms. The average molecular weight is 546 g/mol. The van der Waals surface area contributed by atoms with E-state index in [1.165, 1.54) is 0 Å². The maximum absolute atomic E-state index is 11.3. The first-order valence-corrected chi connectivity index (χ1v) is 5.59. The predicted molar refractivity (Wildman–Crippen MR) is 65.5 cm³/mol. The van der Waals surface area contributed by atoms with Crippen LogP contribution in [-0.2, 0) is 19.0 Å². The van der Waals surface area contributed by atoms with E-state index in [4.69, 9.17) is 14.2 Å². The zero-order valence-corrected chi connectivity index (χ0v) is 16.8. The number of ether oxygens (including phenoxy) is 3. The number of carbonyl (C=O) groups is 1. The Balaban J connectivity index is -0.000000354. The third kappa shape index (κ3) is 17.8. The summed E-state index contributed by atoms with van der Waals surface area (Å²) in [4.78, 5) is 9.82. The molecule has 0 aliphatic rings. The van der Waals surface area contributed by atoms with E-state index in [0.29, 0.717) is 26.4 Å². The second-order valence-corrected chi connectivity index (χ2v) is 3.47. The fourth-order valence-corrected chi connectivity index (χ4v) is 0.669. The summed E-state index contributed by atoms with van der Waals surface area (Å²) in [6, 6.07) is 0. The molecule has 0 bridgehead atoms. The molecule has 0 fully saturated rings. The molecule has 0 spiro atoms. The van der Waals surface area contributed by atoms with Gasteiger partial charge in [-0.3, -0.25) is 4.79 Å². The van der Waals surface area contributed by atoms with Crippen LogP contribution in [-0.4, -0.2) is 86.1 Å². The zero-order valence-electron chi connectivity index (χ0n) is 12.3. The maximum Gasteiger partial charge on any atom is 1.00 e. The van der Waals surface area contributed by atoms with E-state index in [1.54, 1.807) is 14.2 Å². The van der Waals surface area contributed by atoms with Gasteiger partial charge in [-0.15, -0.1) is 0 Å². The molecule has 0 rings (SSSR count). The quantitative estimate of drug-likeness (QED) is 0.156. The largest absolute Gasteiger partial charge is 1.00 e. The molecular weight excluding hydrogens is 530 g/mol. The second kappa shape index (κ2) is 14.0. The molecular formula is C11H15F6O5Tl. The molecule has 12 heteroatoms. The number of hydrogen-bond acceptors (Lipinski definition) is 5. The van der Waals surface area contributed by atoms with Crippen LogP contribution < -0.4 is 5.11 Å². The van der Waals surface area contributed by atoms with Crippen LogP contribution in [0.1, 0.15) is 0 Å². The van der Waals surface area contributed by atoms with Crippen molar-refractivity contribution in [3.63, 3.8) is 0 Å². The monoisotopic (exact) mass is 546 g/mol. The van der Waals surface area contributed by atoms with Crippen LogP contribution in [0.2, 0.25) is 0 Å². The first-order chi connectivity index (χ1) is 9.96. The van der Waals surface area contributed by atoms with E-state index in [0.717, 1.165) is 0 Å². The molecule has 0 aliphatic heterocycles. The summed E-state index contributed by atoms with van der Waals surface area (Å²) in [6.45, 7) is 2.62. The first-order valence-electron chi connectivity index (χ1n) is 5.59. The number of ketones is 1. The second-order valence-electron chi connectivity index (χ2n) is 3.47. The van der Waals surface area contributed by atoms with Crippen LogP contribution >= 0.6 is 0 Å². The standard InChI is InChI=1S/C6H14O3.C5H2F6O2.Tl/c1-7-3-5-9-6-4-8-2;6-4(7,8)2(12)1-3(13)5(9,10)11;/h3-6H2,1-2H3;1,12H;/q;;+1/p-1/b;2-1-;. The maximum atomic E-state index is 11.3. The molecule has 0 aromatic carbocycles. The van der Waals surface area contributed by atoms with E-state index in [9.17, 15) is 36.2 Å². The number of carbonyl (C=O) groups excluding carboxylic acids is 1. The first kappa shape index (κ1) is 27.4. The van der Waals surface area contributed by atoms with Gasteiger partial charge in [0.25, 0.3) is 5.78 Å². The summed E-state index contributed by atoms with van der Waals surface area (Å²) in [5.41, 5.74) is 0. The Morgan fingerprint density at radius 3 is 1.57 bits per heavy atom. The van der Waals surface area contributed by atoms with Crippen molar-refractivity contribution in [1.29, 1.82) is 0 Å². The minimum absolute atomic E-state index is 0. The van der Waals surface area contributed by atoms with Gasteiger partial charge in [-0.1, -0.05) is 0 Å². The summed E-state index contributed by atoms with van der Waals surface area (Å²) >= 11 is 0. The molecule has 0 heterocycles. The number of alkyl halides is 6. The van der Waals surface area contributed by atoms with Crippen LogP contribution in [0.5, 0.6) is 0 Å². The number of methoxy groups -OCH3 is 2. The number of hydrogen-bond donors (Lipinski definition) is 0. The van der Waals surface area contributed by atoms with Crippen LogP contribution in [0, 0.1) is 0 Å². The zero-order chi connectivity index (χ0) is 17.8. The van der Waals surface area contributed by atoms with E-state index in [-0.39, 0.29) is 27.3 Å². The average Bonchev–Trinajstić information content (AvgIpc) is 2.37. The van der Waals surface area contributed by atoms with Gasteiger partial charge in [-0.25, -0.2) is 0 Å². The van der Waals surface area contributed by atoms with Crippen molar-refractivity contribution in [3.8, 4) is 0 Å². The van der Waals surface area contributed by atoms with Crippen molar-refractivity contribution in [1.82, 2.24) is 0 Å². The Morgan fingerprint density at radius 2 is 1.30 bits per heavy atom.